The number of anilines is 2. The maximum Gasteiger partial charge on any atom is 0.416 e. The zero-order chi connectivity index (χ0) is 26.9. The predicted molar refractivity (Wildman–Crippen MR) is 145 cm³/mol. The lowest BCUT2D eigenvalue weighted by Crippen LogP contribution is -2.38. The van der Waals surface area contributed by atoms with Gasteiger partial charge in [0.05, 0.1) is 17.2 Å². The Hall–Kier alpha value is -3.29. The molecule has 1 unspecified atom stereocenters. The van der Waals surface area contributed by atoms with E-state index in [1.54, 1.807) is 39.2 Å². The van der Waals surface area contributed by atoms with Gasteiger partial charge in [-0.2, -0.15) is 13.2 Å². The van der Waals surface area contributed by atoms with Gasteiger partial charge in [0.25, 0.3) is 0 Å². The first-order chi connectivity index (χ1) is 17.1. The van der Waals surface area contributed by atoms with Crippen LogP contribution < -0.4 is 10.6 Å². The highest BCUT2D eigenvalue weighted by Crippen LogP contribution is 2.33. The maximum atomic E-state index is 13.7. The fourth-order valence-electron chi connectivity index (χ4n) is 4.25. The Bertz CT molecular complexity index is 1070. The minimum atomic E-state index is -4.43. The van der Waals surface area contributed by atoms with Gasteiger partial charge in [0, 0.05) is 44.4 Å². The predicted octanol–water partition coefficient (Wildman–Crippen LogP) is 7.25. The molecule has 1 saturated heterocycles. The number of alkyl halides is 3. The molecule has 0 saturated carbocycles. The van der Waals surface area contributed by atoms with Crippen LogP contribution in [0.2, 0.25) is 0 Å². The molecule has 1 fully saturated rings. The second-order valence-corrected chi connectivity index (χ2v) is 8.92. The largest absolute Gasteiger partial charge is 0.416 e. The third-order valence-corrected chi connectivity index (χ3v) is 6.05. The smallest absolute Gasteiger partial charge is 0.387 e. The normalized spacial score (nSPS) is 18.5. The Labute approximate surface area is 213 Å². The van der Waals surface area contributed by atoms with Gasteiger partial charge >= 0.3 is 6.18 Å². The van der Waals surface area contributed by atoms with Gasteiger partial charge in [-0.25, -0.2) is 4.98 Å². The van der Waals surface area contributed by atoms with Crippen molar-refractivity contribution in [3.05, 3.63) is 76.2 Å². The molecule has 2 heterocycles. The molecule has 36 heavy (non-hydrogen) atoms. The van der Waals surface area contributed by atoms with Gasteiger partial charge < -0.3 is 20.9 Å². The van der Waals surface area contributed by atoms with Crippen LogP contribution >= 0.6 is 0 Å². The number of aromatic nitrogens is 1. The Morgan fingerprint density at radius 3 is 2.58 bits per heavy atom. The number of likely N-dealkylation sites (tertiary alicyclic amines) is 1. The zero-order valence-electron chi connectivity index (χ0n) is 22.1. The molecule has 3 N–H and O–H groups in total. The van der Waals surface area contributed by atoms with E-state index in [0.29, 0.717) is 23.4 Å². The number of halogens is 3. The quantitative estimate of drug-likeness (QED) is 0.246. The number of piperidine rings is 1. The molecule has 5 nitrogen and oxygen atoms in total. The minimum Gasteiger partial charge on any atom is -0.387 e. The van der Waals surface area contributed by atoms with Crippen molar-refractivity contribution in [2.24, 2.45) is 0 Å². The van der Waals surface area contributed by atoms with Crippen LogP contribution in [-0.2, 0) is 0 Å². The summed E-state index contributed by atoms with van der Waals surface area (Å²) in [5, 5.41) is 14.4. The van der Waals surface area contributed by atoms with Crippen molar-refractivity contribution in [3.8, 4) is 0 Å². The van der Waals surface area contributed by atoms with Crippen LogP contribution in [0.3, 0.4) is 0 Å². The summed E-state index contributed by atoms with van der Waals surface area (Å²) in [6.45, 7) is 8.17. The van der Waals surface area contributed by atoms with Crippen molar-refractivity contribution < 1.29 is 13.2 Å². The Balaban J connectivity index is 2.61. The summed E-state index contributed by atoms with van der Waals surface area (Å²) >= 11 is 0. The van der Waals surface area contributed by atoms with Crippen LogP contribution in [-0.4, -0.2) is 49.0 Å². The standard InChI is InChI=1S/C28H38F3N5/c1-7-10-20(16-21(11-8-2)28(29,30)31)22(19(3)4)17-26-25(12-9-15-36(26)6)35-27-23(18-32)24(33-5)13-14-34-27/h7,10-11,13-14,16-18,25,32H,8-9,12,15H2,1-6H3,(H2,33,34,35)/b10-7-,20-16+,21-11-,26-17-,32-18?. The van der Waals surface area contributed by atoms with Gasteiger partial charge in [-0.1, -0.05) is 30.7 Å². The van der Waals surface area contributed by atoms with Crippen molar-refractivity contribution in [3.63, 3.8) is 0 Å². The van der Waals surface area contributed by atoms with Crippen LogP contribution in [0.5, 0.6) is 0 Å². The topological polar surface area (TPSA) is 64.0 Å². The third-order valence-electron chi connectivity index (χ3n) is 6.05. The summed E-state index contributed by atoms with van der Waals surface area (Å²) in [5.74, 6) is 0.594. The van der Waals surface area contributed by atoms with Crippen LogP contribution in [0.4, 0.5) is 24.7 Å². The third kappa shape index (κ3) is 7.35. The van der Waals surface area contributed by atoms with E-state index in [2.05, 4.69) is 20.5 Å². The number of allylic oxidation sites excluding steroid dienone is 9. The summed E-state index contributed by atoms with van der Waals surface area (Å²) in [4.78, 5) is 6.60. The molecule has 0 spiro atoms. The fourth-order valence-corrected chi connectivity index (χ4v) is 4.25. The monoisotopic (exact) mass is 501 g/mol. The summed E-state index contributed by atoms with van der Waals surface area (Å²) in [6, 6.07) is 1.70. The summed E-state index contributed by atoms with van der Waals surface area (Å²) in [7, 11) is 3.79. The van der Waals surface area contributed by atoms with E-state index < -0.39 is 11.7 Å². The number of nitrogens with zero attached hydrogens (tertiary/aromatic N) is 2. The molecule has 1 atom stereocenters. The lowest BCUT2D eigenvalue weighted by molar-refractivity contribution is -0.0884. The lowest BCUT2D eigenvalue weighted by atomic mass is 9.93. The average Bonchev–Trinajstić information content (AvgIpc) is 2.82. The second kappa shape index (κ2) is 13.1. The van der Waals surface area contributed by atoms with Crippen molar-refractivity contribution in [2.75, 3.05) is 31.3 Å². The highest BCUT2D eigenvalue weighted by Gasteiger charge is 2.32. The number of likely N-dealkylation sites (N-methyl/N-ethyl adjacent to an activating group) is 1. The number of hydrogen-bond donors (Lipinski definition) is 3. The first-order valence-electron chi connectivity index (χ1n) is 12.2. The molecule has 8 heteroatoms. The van der Waals surface area contributed by atoms with E-state index >= 15 is 0 Å². The van der Waals surface area contributed by atoms with Crippen molar-refractivity contribution in [2.45, 2.75) is 59.2 Å². The van der Waals surface area contributed by atoms with Gasteiger partial charge in [-0.15, -0.1) is 0 Å². The summed E-state index contributed by atoms with van der Waals surface area (Å²) < 4.78 is 41.1. The van der Waals surface area contributed by atoms with Crippen molar-refractivity contribution in [1.82, 2.24) is 9.88 Å². The summed E-state index contributed by atoms with van der Waals surface area (Å²) in [6.07, 6.45) is 8.54. The Morgan fingerprint density at radius 2 is 2.03 bits per heavy atom. The Morgan fingerprint density at radius 1 is 1.31 bits per heavy atom. The van der Waals surface area contributed by atoms with E-state index in [9.17, 15) is 13.2 Å². The molecule has 0 radical (unpaired) electrons. The van der Waals surface area contributed by atoms with Crippen LogP contribution in [0, 0.1) is 5.41 Å². The average molecular weight is 502 g/mol. The molecular weight excluding hydrogens is 463 g/mol. The van der Waals surface area contributed by atoms with Crippen LogP contribution in [0.1, 0.15) is 52.5 Å². The van der Waals surface area contributed by atoms with Crippen LogP contribution in [0.25, 0.3) is 0 Å². The van der Waals surface area contributed by atoms with Crippen LogP contribution in [0.15, 0.2) is 70.6 Å². The van der Waals surface area contributed by atoms with E-state index in [-0.39, 0.29) is 6.04 Å². The van der Waals surface area contributed by atoms with Gasteiger partial charge in [0.1, 0.15) is 5.82 Å². The summed E-state index contributed by atoms with van der Waals surface area (Å²) in [5.41, 5.74) is 3.94. The molecule has 0 aliphatic carbocycles. The number of nitrogens with one attached hydrogen (secondary N) is 3. The van der Waals surface area contributed by atoms with E-state index in [1.165, 1.54) is 18.4 Å². The minimum absolute atomic E-state index is 0.114. The maximum absolute atomic E-state index is 13.7. The van der Waals surface area contributed by atoms with Gasteiger partial charge in [0.15, 0.2) is 0 Å². The number of hydrogen-bond acceptors (Lipinski definition) is 5. The van der Waals surface area contributed by atoms with E-state index in [0.717, 1.165) is 41.9 Å². The highest BCUT2D eigenvalue weighted by atomic mass is 19.4. The molecule has 1 aliphatic rings. The zero-order valence-corrected chi connectivity index (χ0v) is 22.1. The molecule has 0 aromatic carbocycles. The van der Waals surface area contributed by atoms with Crippen molar-refractivity contribution in [1.29, 1.82) is 5.41 Å². The fraction of sp³-hybridized carbons (Fsp3) is 0.429. The molecule has 2 rings (SSSR count). The number of rotatable bonds is 9. The molecule has 0 bridgehead atoms. The molecule has 1 aromatic heterocycles. The molecule has 0 amide bonds. The lowest BCUT2D eigenvalue weighted by Gasteiger charge is -2.36. The second-order valence-electron chi connectivity index (χ2n) is 8.92. The molecule has 1 aliphatic heterocycles. The van der Waals surface area contributed by atoms with Gasteiger partial charge in [-0.05, 0) is 69.4 Å². The SMILES string of the molecule is C\C=C/C(=C\C(=C\CC)C(F)(F)F)C(/C=C1/C(Nc2nccc(NC)c2C=N)CCCN1C)=C(C)C. The van der Waals surface area contributed by atoms with Gasteiger partial charge in [-0.3, -0.25) is 0 Å². The number of pyridine rings is 1. The van der Waals surface area contributed by atoms with E-state index in [4.69, 9.17) is 5.41 Å². The molecular formula is C28H38F3N5. The first kappa shape index (κ1) is 28.9. The van der Waals surface area contributed by atoms with Crippen molar-refractivity contribution >= 4 is 17.7 Å². The van der Waals surface area contributed by atoms with Gasteiger partial charge in [0.2, 0.25) is 0 Å². The molecule has 1 aromatic rings. The first-order valence-corrected chi connectivity index (χ1v) is 12.2. The Kier molecular flexibility index (Phi) is 10.6. The highest BCUT2D eigenvalue weighted by molar-refractivity contribution is 5.92. The van der Waals surface area contributed by atoms with E-state index in [1.807, 2.05) is 33.0 Å². The molecule has 196 valence electrons.